The summed E-state index contributed by atoms with van der Waals surface area (Å²) in [4.78, 5) is 19.1. The van der Waals surface area contributed by atoms with E-state index >= 15 is 0 Å². The molecule has 0 spiro atoms. The van der Waals surface area contributed by atoms with Gasteiger partial charge in [-0.05, 0) is 48.7 Å². The molecule has 5 nitrogen and oxygen atoms in total. The number of piperidine rings is 1. The van der Waals surface area contributed by atoms with Gasteiger partial charge in [-0.2, -0.15) is 5.10 Å². The summed E-state index contributed by atoms with van der Waals surface area (Å²) >= 11 is 0. The molecule has 3 heterocycles. The summed E-state index contributed by atoms with van der Waals surface area (Å²) in [5.41, 5.74) is 3.44. The van der Waals surface area contributed by atoms with Gasteiger partial charge in [-0.15, -0.1) is 0 Å². The van der Waals surface area contributed by atoms with Crippen LogP contribution in [0.1, 0.15) is 46.2 Å². The Morgan fingerprint density at radius 2 is 1.96 bits per heavy atom. The number of carbonyl (C=O) groups is 1. The van der Waals surface area contributed by atoms with Gasteiger partial charge >= 0.3 is 0 Å². The summed E-state index contributed by atoms with van der Waals surface area (Å²) in [6.45, 7) is 1.41. The average molecular weight is 364 g/mol. The van der Waals surface area contributed by atoms with Crippen LogP contribution in [0.4, 0.5) is 4.39 Å². The summed E-state index contributed by atoms with van der Waals surface area (Å²) in [5.74, 6) is 0.111. The molecule has 6 heteroatoms. The van der Waals surface area contributed by atoms with Crippen LogP contribution in [-0.2, 0) is 6.42 Å². The molecule has 1 saturated heterocycles. The van der Waals surface area contributed by atoms with Crippen LogP contribution in [0.3, 0.4) is 0 Å². The molecule has 0 aliphatic carbocycles. The smallest absolute Gasteiger partial charge is 0.271 e. The van der Waals surface area contributed by atoms with Gasteiger partial charge in [-0.25, -0.2) is 4.39 Å². The predicted octanol–water partition coefficient (Wildman–Crippen LogP) is 3.55. The molecule has 0 saturated carbocycles. The Labute approximate surface area is 157 Å². The number of nitrogens with zero attached hydrogens (tertiary/aromatic N) is 3. The fourth-order valence-electron chi connectivity index (χ4n) is 3.60. The van der Waals surface area contributed by atoms with E-state index in [0.717, 1.165) is 29.8 Å². The summed E-state index contributed by atoms with van der Waals surface area (Å²) in [6.07, 6.45) is 3.98. The summed E-state index contributed by atoms with van der Waals surface area (Å²) in [5, 5.41) is 6.58. The quantitative estimate of drug-likeness (QED) is 0.770. The second kappa shape index (κ2) is 7.70. The van der Waals surface area contributed by atoms with E-state index in [1.165, 1.54) is 6.07 Å². The van der Waals surface area contributed by atoms with Crippen LogP contribution in [0, 0.1) is 5.82 Å². The number of hydrogen-bond acceptors (Lipinski definition) is 3. The number of amides is 1. The lowest BCUT2D eigenvalue weighted by molar-refractivity contribution is 0.0706. The van der Waals surface area contributed by atoms with Gasteiger partial charge in [-0.3, -0.25) is 14.9 Å². The number of rotatable bonds is 4. The van der Waals surface area contributed by atoms with Crippen molar-refractivity contribution in [2.75, 3.05) is 13.1 Å². The van der Waals surface area contributed by atoms with Crippen molar-refractivity contribution < 1.29 is 9.18 Å². The van der Waals surface area contributed by atoms with E-state index < -0.39 is 0 Å². The van der Waals surface area contributed by atoms with Crippen molar-refractivity contribution in [2.45, 2.75) is 25.2 Å². The standard InChI is InChI=1S/C21H21FN4O/c22-17-4-1-3-15(13-17)14-18-5-2-6-19(24-18)16-8-11-26(12-9-16)21(27)20-7-10-23-25-20/h1-7,10,13,16H,8-9,11-12,14H2,(H,23,25). The van der Waals surface area contributed by atoms with E-state index in [0.29, 0.717) is 31.1 Å². The van der Waals surface area contributed by atoms with E-state index in [2.05, 4.69) is 10.2 Å². The number of benzene rings is 1. The molecule has 2 aromatic heterocycles. The molecule has 1 aliphatic heterocycles. The fourth-order valence-corrected chi connectivity index (χ4v) is 3.60. The Morgan fingerprint density at radius 1 is 1.15 bits per heavy atom. The van der Waals surface area contributed by atoms with Crippen molar-refractivity contribution in [3.63, 3.8) is 0 Å². The minimum Gasteiger partial charge on any atom is -0.337 e. The van der Waals surface area contributed by atoms with E-state index in [1.54, 1.807) is 24.4 Å². The number of likely N-dealkylation sites (tertiary alicyclic amines) is 1. The second-order valence-electron chi connectivity index (χ2n) is 6.90. The lowest BCUT2D eigenvalue weighted by Gasteiger charge is -2.31. The van der Waals surface area contributed by atoms with E-state index in [9.17, 15) is 9.18 Å². The normalized spacial score (nSPS) is 15.1. The Bertz CT molecular complexity index is 917. The van der Waals surface area contributed by atoms with E-state index in [-0.39, 0.29) is 11.7 Å². The molecule has 0 radical (unpaired) electrons. The number of hydrogen-bond donors (Lipinski definition) is 1. The van der Waals surface area contributed by atoms with E-state index in [1.807, 2.05) is 29.2 Å². The summed E-state index contributed by atoms with van der Waals surface area (Å²) in [6, 6.07) is 14.4. The number of aromatic amines is 1. The van der Waals surface area contributed by atoms with Gasteiger partial charge in [0.15, 0.2) is 0 Å². The second-order valence-corrected chi connectivity index (χ2v) is 6.90. The zero-order chi connectivity index (χ0) is 18.6. The number of pyridine rings is 1. The monoisotopic (exact) mass is 364 g/mol. The number of halogens is 1. The van der Waals surface area contributed by atoms with Crippen molar-refractivity contribution >= 4 is 5.91 Å². The van der Waals surface area contributed by atoms with Gasteiger partial charge in [0.1, 0.15) is 11.5 Å². The van der Waals surface area contributed by atoms with Crippen LogP contribution in [0.15, 0.2) is 54.7 Å². The molecule has 27 heavy (non-hydrogen) atoms. The molecular formula is C21H21FN4O. The zero-order valence-electron chi connectivity index (χ0n) is 14.9. The highest BCUT2D eigenvalue weighted by Gasteiger charge is 2.25. The minimum atomic E-state index is -0.224. The molecule has 4 rings (SSSR count). The van der Waals surface area contributed by atoms with Crippen molar-refractivity contribution in [3.05, 3.63) is 83.2 Å². The lowest BCUT2D eigenvalue weighted by Crippen LogP contribution is -2.38. The highest BCUT2D eigenvalue weighted by atomic mass is 19.1. The van der Waals surface area contributed by atoms with E-state index in [4.69, 9.17) is 4.98 Å². The molecule has 1 fully saturated rings. The van der Waals surface area contributed by atoms with Crippen LogP contribution in [0.5, 0.6) is 0 Å². The molecule has 0 unspecified atom stereocenters. The molecule has 138 valence electrons. The number of H-pyrrole nitrogens is 1. The topological polar surface area (TPSA) is 61.9 Å². The van der Waals surface area contributed by atoms with Crippen molar-refractivity contribution in [3.8, 4) is 0 Å². The highest BCUT2D eigenvalue weighted by Crippen LogP contribution is 2.27. The molecule has 0 bridgehead atoms. The molecule has 1 amide bonds. The van der Waals surface area contributed by atoms with Gasteiger partial charge < -0.3 is 4.90 Å². The first kappa shape index (κ1) is 17.4. The van der Waals surface area contributed by atoms with Crippen LogP contribution >= 0.6 is 0 Å². The van der Waals surface area contributed by atoms with Gasteiger partial charge in [-0.1, -0.05) is 18.2 Å². The summed E-state index contributed by atoms with van der Waals surface area (Å²) < 4.78 is 13.4. The van der Waals surface area contributed by atoms with Crippen molar-refractivity contribution in [1.82, 2.24) is 20.1 Å². The predicted molar refractivity (Wildman–Crippen MR) is 99.9 cm³/mol. The average Bonchev–Trinajstić information content (AvgIpc) is 3.23. The number of nitrogens with one attached hydrogen (secondary N) is 1. The Kier molecular flexibility index (Phi) is 4.96. The molecular weight excluding hydrogens is 343 g/mol. The first-order chi connectivity index (χ1) is 13.2. The molecule has 1 aromatic carbocycles. The Balaban J connectivity index is 1.40. The maximum atomic E-state index is 13.4. The third-order valence-electron chi connectivity index (χ3n) is 5.03. The van der Waals surface area contributed by atoms with Crippen LogP contribution in [-0.4, -0.2) is 39.1 Å². The fraction of sp³-hybridized carbons (Fsp3) is 0.286. The third kappa shape index (κ3) is 4.05. The maximum absolute atomic E-state index is 13.4. The Hall–Kier alpha value is -3.02. The lowest BCUT2D eigenvalue weighted by atomic mass is 9.92. The SMILES string of the molecule is O=C(c1ccn[nH]1)N1CCC(c2cccc(Cc3cccc(F)c3)n2)CC1. The molecule has 1 N–H and O–H groups in total. The highest BCUT2D eigenvalue weighted by molar-refractivity contribution is 5.92. The Morgan fingerprint density at radius 3 is 2.70 bits per heavy atom. The minimum absolute atomic E-state index is 0.00114. The van der Waals surface area contributed by atoms with Gasteiger partial charge in [0, 0.05) is 43.0 Å². The first-order valence-electron chi connectivity index (χ1n) is 9.18. The largest absolute Gasteiger partial charge is 0.337 e. The molecule has 0 atom stereocenters. The van der Waals surface area contributed by atoms with Gasteiger partial charge in [0.25, 0.3) is 5.91 Å². The van der Waals surface area contributed by atoms with Gasteiger partial charge in [0.2, 0.25) is 0 Å². The summed E-state index contributed by atoms with van der Waals surface area (Å²) in [7, 11) is 0. The van der Waals surface area contributed by atoms with Crippen LogP contribution in [0.2, 0.25) is 0 Å². The number of aromatic nitrogens is 3. The van der Waals surface area contributed by atoms with Crippen molar-refractivity contribution in [1.29, 1.82) is 0 Å². The molecule has 3 aromatic rings. The number of carbonyl (C=O) groups excluding carboxylic acids is 1. The zero-order valence-corrected chi connectivity index (χ0v) is 14.9. The van der Waals surface area contributed by atoms with Crippen molar-refractivity contribution in [2.24, 2.45) is 0 Å². The molecule has 1 aliphatic rings. The maximum Gasteiger partial charge on any atom is 0.271 e. The van der Waals surface area contributed by atoms with Gasteiger partial charge in [0.05, 0.1) is 0 Å². The van der Waals surface area contributed by atoms with Crippen LogP contribution < -0.4 is 0 Å². The third-order valence-corrected chi connectivity index (χ3v) is 5.03. The first-order valence-corrected chi connectivity index (χ1v) is 9.18. The van der Waals surface area contributed by atoms with Crippen LogP contribution in [0.25, 0.3) is 0 Å².